The van der Waals surface area contributed by atoms with E-state index in [0.717, 1.165) is 19.3 Å². The predicted octanol–water partition coefficient (Wildman–Crippen LogP) is 1.17. The van der Waals surface area contributed by atoms with Gasteiger partial charge in [-0.15, -0.1) is 0 Å². The van der Waals surface area contributed by atoms with Crippen LogP contribution in [0.1, 0.15) is 45.4 Å². The fourth-order valence-electron chi connectivity index (χ4n) is 1.78. The fraction of sp³-hybridized carbons (Fsp3) is 0.900. The zero-order valence-corrected chi connectivity index (χ0v) is 8.38. The minimum atomic E-state index is 0.127. The van der Waals surface area contributed by atoms with E-state index in [1.807, 2.05) is 0 Å². The average Bonchev–Trinajstić information content (AvgIpc) is 2.10. The molecule has 0 aliphatic carbocycles. The molecule has 0 spiro atoms. The molecule has 0 aromatic carbocycles. The first-order valence-electron chi connectivity index (χ1n) is 5.29. The van der Waals surface area contributed by atoms with E-state index in [1.54, 1.807) is 0 Å². The van der Waals surface area contributed by atoms with E-state index < -0.39 is 0 Å². The van der Waals surface area contributed by atoms with E-state index in [4.69, 9.17) is 5.73 Å². The average molecular weight is 184 g/mol. The third-order valence-corrected chi connectivity index (χ3v) is 2.75. The van der Waals surface area contributed by atoms with Crippen LogP contribution < -0.4 is 11.1 Å². The minimum Gasteiger partial charge on any atom is -0.352 e. The molecule has 1 saturated heterocycles. The van der Waals surface area contributed by atoms with E-state index in [1.165, 1.54) is 12.8 Å². The van der Waals surface area contributed by atoms with Crippen molar-refractivity contribution in [2.45, 2.75) is 57.5 Å². The second-order valence-corrected chi connectivity index (χ2v) is 3.85. The molecule has 3 nitrogen and oxygen atoms in total. The number of carbonyl (C=O) groups excluding carboxylic acids is 1. The molecule has 2 unspecified atom stereocenters. The maximum atomic E-state index is 11.3. The molecular weight excluding hydrogens is 164 g/mol. The molecule has 0 radical (unpaired) electrons. The standard InChI is InChI=1S/C10H20N2O/c1-2-8(11)9-6-4-3-5-7-10(13)12-9/h8-9H,2-7,11H2,1H3,(H,12,13). The second-order valence-electron chi connectivity index (χ2n) is 3.85. The van der Waals surface area contributed by atoms with Crippen molar-refractivity contribution in [2.24, 2.45) is 5.73 Å². The van der Waals surface area contributed by atoms with E-state index in [9.17, 15) is 4.79 Å². The number of hydrogen-bond donors (Lipinski definition) is 2. The van der Waals surface area contributed by atoms with Crippen molar-refractivity contribution >= 4 is 5.91 Å². The SMILES string of the molecule is CCC(N)C1CCCCCC(=O)N1. The van der Waals surface area contributed by atoms with Gasteiger partial charge in [-0.1, -0.05) is 19.8 Å². The van der Waals surface area contributed by atoms with Crippen LogP contribution in [0.3, 0.4) is 0 Å². The van der Waals surface area contributed by atoms with E-state index in [2.05, 4.69) is 12.2 Å². The van der Waals surface area contributed by atoms with Crippen molar-refractivity contribution in [1.82, 2.24) is 5.32 Å². The highest BCUT2D eigenvalue weighted by Crippen LogP contribution is 2.12. The second kappa shape index (κ2) is 5.22. The predicted molar refractivity (Wildman–Crippen MR) is 53.3 cm³/mol. The highest BCUT2D eigenvalue weighted by molar-refractivity contribution is 5.76. The lowest BCUT2D eigenvalue weighted by atomic mass is 9.97. The molecule has 1 aliphatic rings. The normalized spacial score (nSPS) is 27.2. The maximum Gasteiger partial charge on any atom is 0.220 e. The van der Waals surface area contributed by atoms with Crippen LogP contribution in [0, 0.1) is 0 Å². The lowest BCUT2D eigenvalue weighted by Gasteiger charge is -2.25. The Balaban J connectivity index is 2.45. The molecule has 3 N–H and O–H groups in total. The quantitative estimate of drug-likeness (QED) is 0.677. The van der Waals surface area contributed by atoms with Crippen LogP contribution in [0.15, 0.2) is 0 Å². The lowest BCUT2D eigenvalue weighted by molar-refractivity contribution is -0.122. The minimum absolute atomic E-state index is 0.127. The van der Waals surface area contributed by atoms with Gasteiger partial charge in [-0.25, -0.2) is 0 Å². The van der Waals surface area contributed by atoms with Crippen LogP contribution >= 0.6 is 0 Å². The van der Waals surface area contributed by atoms with Gasteiger partial charge >= 0.3 is 0 Å². The molecule has 0 bridgehead atoms. The molecule has 76 valence electrons. The number of carbonyl (C=O) groups is 1. The Morgan fingerprint density at radius 1 is 1.54 bits per heavy atom. The summed E-state index contributed by atoms with van der Waals surface area (Å²) in [5.41, 5.74) is 5.92. The van der Waals surface area contributed by atoms with Gasteiger partial charge in [0.25, 0.3) is 0 Å². The summed E-state index contributed by atoms with van der Waals surface area (Å²) in [6.45, 7) is 2.07. The highest BCUT2D eigenvalue weighted by Gasteiger charge is 2.19. The van der Waals surface area contributed by atoms with Gasteiger partial charge in [0.15, 0.2) is 0 Å². The summed E-state index contributed by atoms with van der Waals surface area (Å²) in [5.74, 6) is 0.175. The smallest absolute Gasteiger partial charge is 0.220 e. The lowest BCUT2D eigenvalue weighted by Crippen LogP contribution is -2.47. The van der Waals surface area contributed by atoms with E-state index in [0.29, 0.717) is 6.42 Å². The summed E-state index contributed by atoms with van der Waals surface area (Å²) in [6, 6.07) is 0.333. The topological polar surface area (TPSA) is 55.1 Å². The van der Waals surface area contributed by atoms with Gasteiger partial charge in [0.05, 0.1) is 0 Å². The van der Waals surface area contributed by atoms with Crippen LogP contribution in [0.5, 0.6) is 0 Å². The van der Waals surface area contributed by atoms with Crippen LogP contribution in [-0.4, -0.2) is 18.0 Å². The zero-order valence-electron chi connectivity index (χ0n) is 8.38. The molecule has 0 aromatic rings. The molecule has 0 saturated carbocycles. The van der Waals surface area contributed by atoms with Crippen LogP contribution in [-0.2, 0) is 4.79 Å². The zero-order chi connectivity index (χ0) is 9.68. The molecule has 2 atom stereocenters. The molecule has 1 amide bonds. The van der Waals surface area contributed by atoms with Crippen molar-refractivity contribution in [3.63, 3.8) is 0 Å². The molecule has 0 aromatic heterocycles. The summed E-state index contributed by atoms with van der Waals surface area (Å²) in [5, 5.41) is 3.01. The Morgan fingerprint density at radius 2 is 2.31 bits per heavy atom. The van der Waals surface area contributed by atoms with Crippen molar-refractivity contribution < 1.29 is 4.79 Å². The van der Waals surface area contributed by atoms with Gasteiger partial charge in [0.1, 0.15) is 0 Å². The maximum absolute atomic E-state index is 11.3. The number of rotatable bonds is 2. The van der Waals surface area contributed by atoms with Gasteiger partial charge in [-0.05, 0) is 19.3 Å². The molecule has 1 rings (SSSR count). The van der Waals surface area contributed by atoms with E-state index in [-0.39, 0.29) is 18.0 Å². The first-order chi connectivity index (χ1) is 6.24. The number of nitrogens with two attached hydrogens (primary N) is 1. The third kappa shape index (κ3) is 3.35. The van der Waals surface area contributed by atoms with Crippen molar-refractivity contribution in [1.29, 1.82) is 0 Å². The Hall–Kier alpha value is -0.570. The Morgan fingerprint density at radius 3 is 3.00 bits per heavy atom. The van der Waals surface area contributed by atoms with Crippen LogP contribution in [0.2, 0.25) is 0 Å². The van der Waals surface area contributed by atoms with Gasteiger partial charge in [-0.3, -0.25) is 4.79 Å². The van der Waals surface area contributed by atoms with Crippen molar-refractivity contribution in [2.75, 3.05) is 0 Å². The Bertz CT molecular complexity index is 170. The van der Waals surface area contributed by atoms with Gasteiger partial charge in [0.2, 0.25) is 5.91 Å². The summed E-state index contributed by atoms with van der Waals surface area (Å²) in [4.78, 5) is 11.3. The summed E-state index contributed by atoms with van der Waals surface area (Å²) in [7, 11) is 0. The first kappa shape index (κ1) is 10.5. The summed E-state index contributed by atoms with van der Waals surface area (Å²) < 4.78 is 0. The van der Waals surface area contributed by atoms with Crippen LogP contribution in [0.4, 0.5) is 0 Å². The number of hydrogen-bond acceptors (Lipinski definition) is 2. The monoisotopic (exact) mass is 184 g/mol. The molecule has 13 heavy (non-hydrogen) atoms. The fourth-order valence-corrected chi connectivity index (χ4v) is 1.78. The van der Waals surface area contributed by atoms with E-state index >= 15 is 0 Å². The Kier molecular flexibility index (Phi) is 4.22. The molecule has 3 heteroatoms. The number of amides is 1. The first-order valence-corrected chi connectivity index (χ1v) is 5.29. The molecule has 1 fully saturated rings. The Labute approximate surface area is 80.1 Å². The van der Waals surface area contributed by atoms with Gasteiger partial charge < -0.3 is 11.1 Å². The molecule has 1 heterocycles. The van der Waals surface area contributed by atoms with Crippen molar-refractivity contribution in [3.8, 4) is 0 Å². The molecule has 1 aliphatic heterocycles. The summed E-state index contributed by atoms with van der Waals surface area (Å²) in [6.07, 6.45) is 6.04. The van der Waals surface area contributed by atoms with Crippen molar-refractivity contribution in [3.05, 3.63) is 0 Å². The molecular formula is C10H20N2O. The largest absolute Gasteiger partial charge is 0.352 e. The van der Waals surface area contributed by atoms with Gasteiger partial charge in [-0.2, -0.15) is 0 Å². The summed E-state index contributed by atoms with van der Waals surface area (Å²) >= 11 is 0. The third-order valence-electron chi connectivity index (χ3n) is 2.75. The van der Waals surface area contributed by atoms with Gasteiger partial charge in [0, 0.05) is 18.5 Å². The van der Waals surface area contributed by atoms with Crippen LogP contribution in [0.25, 0.3) is 0 Å². The highest BCUT2D eigenvalue weighted by atomic mass is 16.1. The number of nitrogens with one attached hydrogen (secondary N) is 1.